The normalized spacial score (nSPS) is 10.4. The summed E-state index contributed by atoms with van der Waals surface area (Å²) in [6.07, 6.45) is 1.34. The second-order valence-electron chi connectivity index (χ2n) is 4.19. The first-order chi connectivity index (χ1) is 9.95. The summed E-state index contributed by atoms with van der Waals surface area (Å²) in [7, 11) is 0. The van der Waals surface area contributed by atoms with Crippen LogP contribution < -0.4 is 5.32 Å². The van der Waals surface area contributed by atoms with Gasteiger partial charge in [-0.05, 0) is 18.2 Å². The summed E-state index contributed by atoms with van der Waals surface area (Å²) in [5.41, 5.74) is 0.143. The fourth-order valence-corrected chi connectivity index (χ4v) is 1.59. The van der Waals surface area contributed by atoms with E-state index in [4.69, 9.17) is 5.11 Å². The number of amides is 1. The van der Waals surface area contributed by atoms with Gasteiger partial charge in [-0.25, -0.2) is 8.78 Å². The number of hydrogen-bond donors (Lipinski definition) is 2. The van der Waals surface area contributed by atoms with Crippen molar-refractivity contribution in [1.82, 2.24) is 9.78 Å². The first kappa shape index (κ1) is 14.6. The van der Waals surface area contributed by atoms with Crippen LogP contribution in [0, 0.1) is 11.6 Å². The predicted octanol–water partition coefficient (Wildman–Crippen LogP) is 1.89. The highest BCUT2D eigenvalue weighted by atomic mass is 19.2. The Bertz CT molecular complexity index is 685. The topological polar surface area (TPSA) is 84.2 Å². The van der Waals surface area contributed by atoms with Gasteiger partial charge in [0.25, 0.3) is 5.91 Å². The molecule has 1 amide bonds. The van der Waals surface area contributed by atoms with E-state index < -0.39 is 23.5 Å². The molecule has 2 rings (SSSR count). The molecule has 0 aliphatic heterocycles. The molecule has 0 atom stereocenters. The van der Waals surface area contributed by atoms with Crippen molar-refractivity contribution in [3.8, 4) is 0 Å². The van der Waals surface area contributed by atoms with E-state index in [0.717, 1.165) is 12.1 Å². The van der Waals surface area contributed by atoms with Crippen LogP contribution in [-0.4, -0.2) is 26.8 Å². The number of anilines is 1. The molecule has 21 heavy (non-hydrogen) atoms. The number of benzene rings is 1. The van der Waals surface area contributed by atoms with Gasteiger partial charge in [0, 0.05) is 18.0 Å². The molecule has 0 fully saturated rings. The number of aliphatic carboxylic acids is 1. The maximum Gasteiger partial charge on any atom is 0.305 e. The van der Waals surface area contributed by atoms with Crippen LogP contribution in [0.25, 0.3) is 0 Å². The predicted molar refractivity (Wildman–Crippen MR) is 68.8 cm³/mol. The number of carboxylic acid groups (broad SMARTS) is 1. The smallest absolute Gasteiger partial charge is 0.305 e. The van der Waals surface area contributed by atoms with Crippen LogP contribution in [0.15, 0.2) is 30.5 Å². The van der Waals surface area contributed by atoms with Crippen LogP contribution in [0.1, 0.15) is 16.9 Å². The van der Waals surface area contributed by atoms with Gasteiger partial charge in [0.1, 0.15) is 0 Å². The van der Waals surface area contributed by atoms with E-state index in [1.54, 1.807) is 0 Å². The van der Waals surface area contributed by atoms with Gasteiger partial charge in [-0.3, -0.25) is 14.3 Å². The second-order valence-corrected chi connectivity index (χ2v) is 4.19. The van der Waals surface area contributed by atoms with Crippen molar-refractivity contribution in [3.05, 3.63) is 47.8 Å². The first-order valence-corrected chi connectivity index (χ1v) is 5.97. The highest BCUT2D eigenvalue weighted by Crippen LogP contribution is 2.14. The standard InChI is InChI=1S/C13H11F2N3O3/c14-9-2-1-8(7-10(9)15)16-13(21)11-3-5-18(17-11)6-4-12(19)20/h1-3,5,7H,4,6H2,(H,16,21)(H,19,20). The van der Waals surface area contributed by atoms with Gasteiger partial charge in [-0.2, -0.15) is 5.10 Å². The molecule has 0 aliphatic carbocycles. The number of halogens is 2. The van der Waals surface area contributed by atoms with Gasteiger partial charge in [0.05, 0.1) is 13.0 Å². The summed E-state index contributed by atoms with van der Waals surface area (Å²) in [4.78, 5) is 22.3. The van der Waals surface area contributed by atoms with Crippen molar-refractivity contribution in [3.63, 3.8) is 0 Å². The average Bonchev–Trinajstić information content (AvgIpc) is 2.89. The number of carbonyl (C=O) groups excluding carboxylic acids is 1. The molecule has 0 bridgehead atoms. The number of aryl methyl sites for hydroxylation is 1. The Balaban J connectivity index is 2.03. The molecule has 0 unspecified atom stereocenters. The van der Waals surface area contributed by atoms with Gasteiger partial charge in [-0.15, -0.1) is 0 Å². The number of aromatic nitrogens is 2. The molecule has 1 aromatic carbocycles. The Labute approximate surface area is 118 Å². The SMILES string of the molecule is O=C(O)CCn1ccc(C(=O)Nc2ccc(F)c(F)c2)n1. The van der Waals surface area contributed by atoms with E-state index in [-0.39, 0.29) is 24.3 Å². The van der Waals surface area contributed by atoms with Crippen molar-refractivity contribution in [2.45, 2.75) is 13.0 Å². The highest BCUT2D eigenvalue weighted by Gasteiger charge is 2.11. The lowest BCUT2D eigenvalue weighted by Gasteiger charge is -2.03. The fraction of sp³-hybridized carbons (Fsp3) is 0.154. The van der Waals surface area contributed by atoms with Crippen LogP contribution in [0.3, 0.4) is 0 Å². The third-order valence-corrected chi connectivity index (χ3v) is 2.61. The number of hydrogen-bond acceptors (Lipinski definition) is 3. The van der Waals surface area contributed by atoms with Crippen LogP contribution in [0.4, 0.5) is 14.5 Å². The van der Waals surface area contributed by atoms with Crippen molar-refractivity contribution in [2.75, 3.05) is 5.32 Å². The number of nitrogens with zero attached hydrogens (tertiary/aromatic N) is 2. The zero-order valence-corrected chi connectivity index (χ0v) is 10.7. The third-order valence-electron chi connectivity index (χ3n) is 2.61. The molecular weight excluding hydrogens is 284 g/mol. The Kier molecular flexibility index (Phi) is 4.27. The molecule has 8 heteroatoms. The van der Waals surface area contributed by atoms with E-state index in [2.05, 4.69) is 10.4 Å². The minimum atomic E-state index is -1.07. The molecule has 1 heterocycles. The minimum Gasteiger partial charge on any atom is -0.481 e. The average molecular weight is 295 g/mol. The fourth-order valence-electron chi connectivity index (χ4n) is 1.59. The van der Waals surface area contributed by atoms with Gasteiger partial charge in [0.2, 0.25) is 0 Å². The second kappa shape index (κ2) is 6.12. The molecule has 1 aromatic heterocycles. The van der Waals surface area contributed by atoms with Crippen molar-refractivity contribution in [2.24, 2.45) is 0 Å². The molecule has 0 saturated heterocycles. The van der Waals surface area contributed by atoms with Crippen LogP contribution in [0.5, 0.6) is 0 Å². The summed E-state index contributed by atoms with van der Waals surface area (Å²) < 4.78 is 27.1. The summed E-state index contributed by atoms with van der Waals surface area (Å²) >= 11 is 0. The van der Waals surface area contributed by atoms with Crippen LogP contribution in [-0.2, 0) is 11.3 Å². The Morgan fingerprint density at radius 3 is 2.67 bits per heavy atom. The number of carbonyl (C=O) groups is 2. The molecule has 0 aliphatic rings. The third kappa shape index (κ3) is 3.85. The molecule has 0 spiro atoms. The van der Waals surface area contributed by atoms with Crippen LogP contribution in [0.2, 0.25) is 0 Å². The Hall–Kier alpha value is -2.77. The highest BCUT2D eigenvalue weighted by molar-refractivity contribution is 6.02. The molecule has 6 nitrogen and oxygen atoms in total. The quantitative estimate of drug-likeness (QED) is 0.882. The van der Waals surface area contributed by atoms with E-state index in [0.29, 0.717) is 0 Å². The summed E-state index contributed by atoms with van der Waals surface area (Å²) in [5, 5.41) is 14.8. The molecular formula is C13H11F2N3O3. The lowest BCUT2D eigenvalue weighted by atomic mass is 10.3. The zero-order valence-electron chi connectivity index (χ0n) is 10.7. The molecule has 2 aromatic rings. The monoisotopic (exact) mass is 295 g/mol. The van der Waals surface area contributed by atoms with E-state index in [9.17, 15) is 18.4 Å². The van der Waals surface area contributed by atoms with Gasteiger partial charge in [0.15, 0.2) is 17.3 Å². The largest absolute Gasteiger partial charge is 0.481 e. The number of nitrogens with one attached hydrogen (secondary N) is 1. The molecule has 110 valence electrons. The van der Waals surface area contributed by atoms with Crippen molar-refractivity contribution >= 4 is 17.6 Å². The maximum atomic E-state index is 13.0. The summed E-state index contributed by atoms with van der Waals surface area (Å²) in [6.45, 7) is 0.133. The van der Waals surface area contributed by atoms with Crippen LogP contribution >= 0.6 is 0 Å². The van der Waals surface area contributed by atoms with E-state index in [1.165, 1.54) is 23.0 Å². The number of carboxylic acids is 1. The molecule has 0 saturated carbocycles. The molecule has 0 radical (unpaired) electrons. The first-order valence-electron chi connectivity index (χ1n) is 5.97. The van der Waals surface area contributed by atoms with Gasteiger partial charge >= 0.3 is 5.97 Å². The maximum absolute atomic E-state index is 13.0. The van der Waals surface area contributed by atoms with E-state index in [1.807, 2.05) is 0 Å². The lowest BCUT2D eigenvalue weighted by molar-refractivity contribution is -0.137. The summed E-state index contributed by atoms with van der Waals surface area (Å²) in [6, 6.07) is 4.37. The molecule has 2 N–H and O–H groups in total. The Morgan fingerprint density at radius 2 is 2.00 bits per heavy atom. The zero-order chi connectivity index (χ0) is 15.4. The van der Waals surface area contributed by atoms with Gasteiger partial charge in [-0.1, -0.05) is 0 Å². The Morgan fingerprint density at radius 1 is 1.24 bits per heavy atom. The summed E-state index contributed by atoms with van der Waals surface area (Å²) in [5.74, 6) is -3.65. The minimum absolute atomic E-state index is 0.0464. The van der Waals surface area contributed by atoms with Crippen molar-refractivity contribution < 1.29 is 23.5 Å². The van der Waals surface area contributed by atoms with Crippen molar-refractivity contribution in [1.29, 1.82) is 0 Å². The van der Waals surface area contributed by atoms with E-state index >= 15 is 0 Å². The number of rotatable bonds is 5. The van der Waals surface area contributed by atoms with Gasteiger partial charge < -0.3 is 10.4 Å². The lowest BCUT2D eigenvalue weighted by Crippen LogP contribution is -2.14.